The average molecular weight is 264 g/mol. The van der Waals surface area contributed by atoms with Crippen LogP contribution >= 0.6 is 11.6 Å². The molecule has 0 aliphatic heterocycles. The molecule has 17 heavy (non-hydrogen) atoms. The van der Waals surface area contributed by atoms with E-state index in [0.29, 0.717) is 5.02 Å². The van der Waals surface area contributed by atoms with Crippen LogP contribution in [0.1, 0.15) is 15.9 Å². The first-order valence-electron chi connectivity index (χ1n) is 4.88. The Morgan fingerprint density at radius 1 is 1.47 bits per heavy atom. The highest BCUT2D eigenvalue weighted by molar-refractivity contribution is 6.31. The molecule has 1 aromatic carbocycles. The predicted octanol–water partition coefficient (Wildman–Crippen LogP) is 2.01. The van der Waals surface area contributed by atoms with Gasteiger partial charge in [-0.1, -0.05) is 11.6 Å². The Morgan fingerprint density at radius 2 is 2.12 bits per heavy atom. The molecule has 0 saturated heterocycles. The molecule has 6 heteroatoms. The van der Waals surface area contributed by atoms with Gasteiger partial charge in [0.05, 0.1) is 6.54 Å². The topological polar surface area (TPSA) is 49.3 Å². The van der Waals surface area contributed by atoms with E-state index in [-0.39, 0.29) is 5.56 Å². The van der Waals surface area contributed by atoms with Gasteiger partial charge in [-0.25, -0.2) is 8.78 Å². The van der Waals surface area contributed by atoms with Gasteiger partial charge in [-0.3, -0.25) is 4.79 Å². The molecule has 3 nitrogen and oxygen atoms in total. The summed E-state index contributed by atoms with van der Waals surface area (Å²) in [6.07, 6.45) is 0. The van der Waals surface area contributed by atoms with E-state index in [0.717, 1.165) is 5.56 Å². The minimum absolute atomic E-state index is 0.212. The van der Waals surface area contributed by atoms with Gasteiger partial charge < -0.3 is 10.4 Å². The Bertz CT molecular complexity index is 404. The molecule has 0 heterocycles. The second-order valence-electron chi connectivity index (χ2n) is 3.71. The summed E-state index contributed by atoms with van der Waals surface area (Å²) in [6, 6.07) is 4.58. The smallest absolute Gasteiger partial charge is 0.287 e. The summed E-state index contributed by atoms with van der Waals surface area (Å²) in [5, 5.41) is 10.7. The molecule has 94 valence electrons. The highest BCUT2D eigenvalue weighted by Gasteiger charge is 2.28. The van der Waals surface area contributed by atoms with Crippen molar-refractivity contribution in [1.29, 1.82) is 0 Å². The summed E-state index contributed by atoms with van der Waals surface area (Å²) in [5.41, 5.74) is 0.973. The molecule has 0 bridgehead atoms. The second kappa shape index (κ2) is 5.42. The fourth-order valence-corrected chi connectivity index (χ4v) is 1.52. The molecule has 0 aliphatic carbocycles. The molecular formula is C11H12ClF2NO2. The van der Waals surface area contributed by atoms with E-state index in [1.54, 1.807) is 13.0 Å². The molecule has 1 aromatic rings. The van der Waals surface area contributed by atoms with Crippen molar-refractivity contribution in [3.63, 3.8) is 0 Å². The highest BCUT2D eigenvalue weighted by Crippen LogP contribution is 2.15. The number of amides is 1. The molecule has 1 rings (SSSR count). The maximum Gasteiger partial charge on any atom is 0.287 e. The number of nitrogens with one attached hydrogen (secondary N) is 1. The Kier molecular flexibility index (Phi) is 4.42. The number of alkyl halides is 2. The zero-order valence-corrected chi connectivity index (χ0v) is 9.89. The van der Waals surface area contributed by atoms with Crippen LogP contribution in [-0.4, -0.2) is 30.1 Å². The van der Waals surface area contributed by atoms with Crippen LogP contribution in [0.15, 0.2) is 18.2 Å². The fourth-order valence-electron chi connectivity index (χ4n) is 1.23. The first kappa shape index (κ1) is 13.9. The van der Waals surface area contributed by atoms with Gasteiger partial charge in [-0.15, -0.1) is 0 Å². The average Bonchev–Trinajstić information content (AvgIpc) is 2.24. The number of hydrogen-bond donors (Lipinski definition) is 2. The lowest BCUT2D eigenvalue weighted by Gasteiger charge is -2.14. The van der Waals surface area contributed by atoms with E-state index in [1.807, 2.05) is 5.32 Å². The number of benzene rings is 1. The number of carbonyl (C=O) groups excluding carboxylic acids is 1. The summed E-state index contributed by atoms with van der Waals surface area (Å²) in [5.74, 6) is -3.97. The Labute approximate surface area is 102 Å². The third kappa shape index (κ3) is 4.28. The first-order chi connectivity index (χ1) is 7.84. The standard InChI is InChI=1S/C11H12ClF2NO2/c1-7-2-8(4-9(12)3-7)10(17)15-5-11(13,14)6-16/h2-4,16H,5-6H2,1H3,(H,15,17). The SMILES string of the molecule is Cc1cc(Cl)cc(C(=O)NCC(F)(F)CO)c1. The number of hydrogen-bond acceptors (Lipinski definition) is 2. The Balaban J connectivity index is 2.70. The van der Waals surface area contributed by atoms with Crippen molar-refractivity contribution in [2.45, 2.75) is 12.8 Å². The summed E-state index contributed by atoms with van der Waals surface area (Å²) < 4.78 is 25.4. The maximum atomic E-state index is 12.7. The number of carbonyl (C=O) groups is 1. The predicted molar refractivity (Wildman–Crippen MR) is 60.6 cm³/mol. The molecular weight excluding hydrogens is 252 g/mol. The van der Waals surface area contributed by atoms with Crippen molar-refractivity contribution in [2.75, 3.05) is 13.2 Å². The normalized spacial score (nSPS) is 11.4. The van der Waals surface area contributed by atoms with Gasteiger partial charge in [0, 0.05) is 10.6 Å². The second-order valence-corrected chi connectivity index (χ2v) is 4.15. The van der Waals surface area contributed by atoms with Crippen LogP contribution < -0.4 is 5.32 Å². The van der Waals surface area contributed by atoms with Crippen LogP contribution in [0.25, 0.3) is 0 Å². The van der Waals surface area contributed by atoms with Crippen molar-refractivity contribution in [1.82, 2.24) is 5.32 Å². The maximum absolute atomic E-state index is 12.7. The molecule has 0 saturated carbocycles. The quantitative estimate of drug-likeness (QED) is 0.873. The monoisotopic (exact) mass is 263 g/mol. The summed E-state index contributed by atoms with van der Waals surface area (Å²) >= 11 is 5.74. The van der Waals surface area contributed by atoms with Crippen molar-refractivity contribution in [3.05, 3.63) is 34.3 Å². The summed E-state index contributed by atoms with van der Waals surface area (Å²) in [4.78, 5) is 11.5. The Morgan fingerprint density at radius 3 is 2.65 bits per heavy atom. The summed E-state index contributed by atoms with van der Waals surface area (Å²) in [7, 11) is 0. The molecule has 0 fully saturated rings. The van der Waals surface area contributed by atoms with Crippen LogP contribution in [0, 0.1) is 6.92 Å². The zero-order valence-electron chi connectivity index (χ0n) is 9.14. The van der Waals surface area contributed by atoms with E-state index in [4.69, 9.17) is 16.7 Å². The first-order valence-corrected chi connectivity index (χ1v) is 5.26. The molecule has 2 N–H and O–H groups in total. The highest BCUT2D eigenvalue weighted by atomic mass is 35.5. The van der Waals surface area contributed by atoms with Crippen molar-refractivity contribution in [2.24, 2.45) is 0 Å². The van der Waals surface area contributed by atoms with Gasteiger partial charge in [0.2, 0.25) is 0 Å². The lowest BCUT2D eigenvalue weighted by Crippen LogP contribution is -2.39. The number of rotatable bonds is 4. The third-order valence-corrected chi connectivity index (χ3v) is 2.26. The van der Waals surface area contributed by atoms with E-state index in [1.165, 1.54) is 12.1 Å². The van der Waals surface area contributed by atoms with Crippen molar-refractivity contribution in [3.8, 4) is 0 Å². The molecule has 0 atom stereocenters. The van der Waals surface area contributed by atoms with E-state index in [2.05, 4.69) is 0 Å². The van der Waals surface area contributed by atoms with Crippen molar-refractivity contribution < 1.29 is 18.7 Å². The van der Waals surface area contributed by atoms with E-state index in [9.17, 15) is 13.6 Å². The van der Waals surface area contributed by atoms with Gasteiger partial charge in [0.1, 0.15) is 6.61 Å². The molecule has 0 unspecified atom stereocenters. The van der Waals surface area contributed by atoms with Gasteiger partial charge in [0.25, 0.3) is 11.8 Å². The minimum atomic E-state index is -3.32. The number of halogens is 3. The van der Waals surface area contributed by atoms with E-state index < -0.39 is 25.0 Å². The van der Waals surface area contributed by atoms with E-state index >= 15 is 0 Å². The largest absolute Gasteiger partial charge is 0.390 e. The fraction of sp³-hybridized carbons (Fsp3) is 0.364. The lowest BCUT2D eigenvalue weighted by molar-refractivity contribution is -0.0462. The number of aliphatic hydroxyl groups excluding tert-OH is 1. The van der Waals surface area contributed by atoms with Crippen LogP contribution in [0.3, 0.4) is 0 Å². The zero-order chi connectivity index (χ0) is 13.1. The van der Waals surface area contributed by atoms with Crippen molar-refractivity contribution >= 4 is 17.5 Å². The summed E-state index contributed by atoms with van der Waals surface area (Å²) in [6.45, 7) is -0.471. The number of aliphatic hydroxyl groups is 1. The molecule has 0 radical (unpaired) electrons. The third-order valence-electron chi connectivity index (χ3n) is 2.04. The molecule has 0 aliphatic rings. The van der Waals surface area contributed by atoms with Crippen LogP contribution in [-0.2, 0) is 0 Å². The number of aryl methyl sites for hydroxylation is 1. The van der Waals surface area contributed by atoms with Gasteiger partial charge in [-0.2, -0.15) is 0 Å². The van der Waals surface area contributed by atoms with Crippen LogP contribution in [0.2, 0.25) is 5.02 Å². The molecule has 1 amide bonds. The van der Waals surface area contributed by atoms with Crippen LogP contribution in [0.4, 0.5) is 8.78 Å². The molecule has 0 aromatic heterocycles. The van der Waals surface area contributed by atoms with Gasteiger partial charge in [-0.05, 0) is 30.7 Å². The Hall–Kier alpha value is -1.20. The van der Waals surface area contributed by atoms with Gasteiger partial charge >= 0.3 is 0 Å². The molecule has 0 spiro atoms. The minimum Gasteiger partial charge on any atom is -0.390 e. The van der Waals surface area contributed by atoms with Gasteiger partial charge in [0.15, 0.2) is 0 Å². The van der Waals surface area contributed by atoms with Crippen LogP contribution in [0.5, 0.6) is 0 Å². The lowest BCUT2D eigenvalue weighted by atomic mass is 10.1.